The van der Waals surface area contributed by atoms with Gasteiger partial charge in [0.05, 0.1) is 9.04 Å². The van der Waals surface area contributed by atoms with Crippen LogP contribution in [0.4, 0.5) is 0 Å². The van der Waals surface area contributed by atoms with E-state index in [0.717, 1.165) is 9.04 Å². The van der Waals surface area contributed by atoms with Crippen molar-refractivity contribution in [3.05, 3.63) is 27.3 Å². The van der Waals surface area contributed by atoms with E-state index in [4.69, 9.17) is 23.2 Å². The quantitative estimate of drug-likeness (QED) is 0.674. The van der Waals surface area contributed by atoms with Crippen LogP contribution < -0.4 is 0 Å². The molecule has 0 aromatic carbocycles. The highest BCUT2D eigenvalue weighted by Crippen LogP contribution is 2.46. The lowest BCUT2D eigenvalue weighted by Gasteiger charge is -2.00. The summed E-state index contributed by atoms with van der Waals surface area (Å²) in [5.74, 6) is 0.688. The molecule has 0 unspecified atom stereocenters. The smallest absolute Gasteiger partial charge is 0.146 e. The summed E-state index contributed by atoms with van der Waals surface area (Å²) in [6.45, 7) is 0. The topological polar surface area (TPSA) is 12.9 Å². The Morgan fingerprint density at radius 2 is 2.14 bits per heavy atom. The van der Waals surface area contributed by atoms with Crippen molar-refractivity contribution in [1.82, 2.24) is 4.98 Å². The van der Waals surface area contributed by atoms with Crippen molar-refractivity contribution >= 4 is 44.6 Å². The van der Waals surface area contributed by atoms with Crippen molar-refractivity contribution in [3.63, 3.8) is 0 Å². The van der Waals surface area contributed by atoms with Gasteiger partial charge in [0.25, 0.3) is 0 Å². The summed E-state index contributed by atoms with van der Waals surface area (Å²) < 4.78 is 1.82. The van der Waals surface area contributed by atoms with Gasteiger partial charge in [-0.05, 0) is 30.4 Å². The van der Waals surface area contributed by atoms with Crippen LogP contribution in [0.2, 0.25) is 9.49 Å². The summed E-state index contributed by atoms with van der Waals surface area (Å²) in [5.41, 5.74) is 1.31. The molecule has 0 bridgehead atoms. The van der Waals surface area contributed by atoms with Crippen molar-refractivity contribution < 1.29 is 0 Å². The van der Waals surface area contributed by atoms with Crippen molar-refractivity contribution in [2.24, 2.45) is 0 Å². The lowest BCUT2D eigenvalue weighted by molar-refractivity contribution is 1.12. The normalized spacial score (nSPS) is 16.4. The molecule has 0 amide bonds. The second kappa shape index (κ2) is 3.09. The van der Waals surface area contributed by atoms with Crippen molar-refractivity contribution in [2.75, 3.05) is 0 Å². The lowest BCUT2D eigenvalue weighted by atomic mass is 10.1. The maximum atomic E-state index is 6.01. The van der Waals surface area contributed by atoms with Gasteiger partial charge in [0.15, 0.2) is 0 Å². The molecule has 1 fully saturated rings. The van der Waals surface area contributed by atoms with E-state index in [2.05, 4.69) is 4.98 Å². The zero-order valence-electron chi connectivity index (χ0n) is 7.26. The Morgan fingerprint density at radius 1 is 1.36 bits per heavy atom. The number of hydrogen-bond acceptors (Lipinski definition) is 2. The fourth-order valence-corrected chi connectivity index (χ4v) is 3.11. The molecular weight excluding hydrogens is 237 g/mol. The molecule has 4 heteroatoms. The van der Waals surface area contributed by atoms with Gasteiger partial charge in [0.1, 0.15) is 5.15 Å². The van der Waals surface area contributed by atoms with E-state index in [9.17, 15) is 0 Å². The minimum Gasteiger partial charge on any atom is -0.243 e. The molecule has 0 aliphatic heterocycles. The van der Waals surface area contributed by atoms with E-state index < -0.39 is 0 Å². The number of pyridine rings is 1. The highest BCUT2D eigenvalue weighted by atomic mass is 35.5. The van der Waals surface area contributed by atoms with E-state index in [1.54, 1.807) is 0 Å². The Kier molecular flexibility index (Phi) is 1.98. The highest BCUT2D eigenvalue weighted by Gasteiger charge is 2.26. The van der Waals surface area contributed by atoms with Crippen LogP contribution in [0.25, 0.3) is 10.1 Å². The number of hydrogen-bond donors (Lipinski definition) is 0. The summed E-state index contributed by atoms with van der Waals surface area (Å²) in [6.07, 6.45) is 4.43. The maximum absolute atomic E-state index is 6.01. The molecule has 72 valence electrons. The molecule has 3 rings (SSSR count). The van der Waals surface area contributed by atoms with Crippen LogP contribution >= 0.6 is 34.5 Å². The third-order valence-electron chi connectivity index (χ3n) is 2.53. The minimum absolute atomic E-state index is 0.571. The van der Waals surface area contributed by atoms with E-state index in [1.165, 1.54) is 35.1 Å². The Labute approximate surface area is 95.7 Å². The van der Waals surface area contributed by atoms with Crippen molar-refractivity contribution in [3.8, 4) is 0 Å². The molecule has 0 N–H and O–H groups in total. The third kappa shape index (κ3) is 1.33. The average Bonchev–Trinajstić information content (AvgIpc) is 2.89. The maximum Gasteiger partial charge on any atom is 0.146 e. The van der Waals surface area contributed by atoms with Crippen molar-refractivity contribution in [2.45, 2.75) is 18.8 Å². The molecule has 1 nitrogen and oxygen atoms in total. The molecule has 14 heavy (non-hydrogen) atoms. The molecule has 0 radical (unpaired) electrons. The fraction of sp³-hybridized carbons (Fsp3) is 0.300. The van der Waals surface area contributed by atoms with Crippen LogP contribution in [-0.4, -0.2) is 4.98 Å². The van der Waals surface area contributed by atoms with Crippen molar-refractivity contribution in [1.29, 1.82) is 0 Å². The van der Waals surface area contributed by atoms with E-state index in [-0.39, 0.29) is 0 Å². The second-order valence-corrected chi connectivity index (χ2v) is 5.61. The number of nitrogens with zero attached hydrogens (tertiary/aromatic N) is 1. The number of halogens is 2. The first-order valence-corrected chi connectivity index (χ1v) is 6.06. The molecule has 1 saturated carbocycles. The van der Waals surface area contributed by atoms with Crippen LogP contribution in [0, 0.1) is 0 Å². The Balaban J connectivity index is 2.34. The first-order chi connectivity index (χ1) is 6.75. The largest absolute Gasteiger partial charge is 0.243 e. The lowest BCUT2D eigenvalue weighted by Crippen LogP contribution is -1.83. The zero-order chi connectivity index (χ0) is 9.71. The number of aromatic nitrogens is 1. The molecule has 1 aliphatic carbocycles. The second-order valence-electron chi connectivity index (χ2n) is 3.57. The van der Waals surface area contributed by atoms with Gasteiger partial charge in [-0.25, -0.2) is 4.98 Å². The Morgan fingerprint density at radius 3 is 2.86 bits per heavy atom. The predicted octanol–water partition coefficient (Wildman–Crippen LogP) is 4.48. The highest BCUT2D eigenvalue weighted by molar-refractivity contribution is 7.23. The Bertz CT molecular complexity index is 502. The monoisotopic (exact) mass is 243 g/mol. The van der Waals surface area contributed by atoms with Crippen LogP contribution in [0.1, 0.15) is 24.3 Å². The van der Waals surface area contributed by atoms with Crippen LogP contribution in [-0.2, 0) is 0 Å². The third-order valence-corrected chi connectivity index (χ3v) is 4.20. The first kappa shape index (κ1) is 8.96. The predicted molar refractivity (Wildman–Crippen MR) is 61.6 cm³/mol. The van der Waals surface area contributed by atoms with E-state index in [1.807, 2.05) is 12.3 Å². The van der Waals surface area contributed by atoms with Gasteiger partial charge in [-0.1, -0.05) is 23.2 Å². The number of thiophene rings is 1. The molecule has 0 atom stereocenters. The van der Waals surface area contributed by atoms with Gasteiger partial charge in [0.2, 0.25) is 0 Å². The summed E-state index contributed by atoms with van der Waals surface area (Å²) in [7, 11) is 0. The van der Waals surface area contributed by atoms with Gasteiger partial charge in [-0.15, -0.1) is 11.3 Å². The number of rotatable bonds is 1. The molecule has 2 aromatic rings. The standard InChI is InChI=1S/C10H7Cl2NS/c11-8-3-6-7(5-1-2-5)4-13-10(12)9(6)14-8/h3-5H,1-2H2. The summed E-state index contributed by atoms with van der Waals surface area (Å²) in [5, 5.41) is 1.77. The molecule has 0 spiro atoms. The summed E-state index contributed by atoms with van der Waals surface area (Å²) >= 11 is 13.5. The van der Waals surface area contributed by atoms with Crippen LogP contribution in [0.5, 0.6) is 0 Å². The van der Waals surface area contributed by atoms with E-state index in [0.29, 0.717) is 11.1 Å². The van der Waals surface area contributed by atoms with Gasteiger partial charge in [-0.3, -0.25) is 0 Å². The first-order valence-electron chi connectivity index (χ1n) is 4.49. The minimum atomic E-state index is 0.571. The fourth-order valence-electron chi connectivity index (χ4n) is 1.70. The van der Waals surface area contributed by atoms with Gasteiger partial charge in [0, 0.05) is 11.6 Å². The van der Waals surface area contributed by atoms with Crippen LogP contribution in [0.15, 0.2) is 12.3 Å². The SMILES string of the molecule is Clc1cc2c(C3CC3)cnc(Cl)c2s1. The van der Waals surface area contributed by atoms with Gasteiger partial charge >= 0.3 is 0 Å². The number of fused-ring (bicyclic) bond motifs is 1. The van der Waals surface area contributed by atoms with Crippen LogP contribution in [0.3, 0.4) is 0 Å². The zero-order valence-corrected chi connectivity index (χ0v) is 9.59. The molecular formula is C10H7Cl2NS. The molecule has 2 aromatic heterocycles. The Hall–Kier alpha value is -0.310. The molecule has 1 aliphatic rings. The average molecular weight is 244 g/mol. The van der Waals surface area contributed by atoms with Gasteiger partial charge < -0.3 is 0 Å². The van der Waals surface area contributed by atoms with E-state index >= 15 is 0 Å². The van der Waals surface area contributed by atoms with Gasteiger partial charge in [-0.2, -0.15) is 0 Å². The summed E-state index contributed by atoms with van der Waals surface area (Å²) in [6, 6.07) is 2.00. The summed E-state index contributed by atoms with van der Waals surface area (Å²) in [4.78, 5) is 4.20. The molecule has 2 heterocycles. The molecule has 0 saturated heterocycles.